The van der Waals surface area contributed by atoms with Crippen molar-refractivity contribution in [3.63, 3.8) is 0 Å². The molecule has 0 fully saturated rings. The second-order valence-electron chi connectivity index (χ2n) is 5.93. The molecule has 1 heterocycles. The van der Waals surface area contributed by atoms with Gasteiger partial charge in [-0.15, -0.1) is 0 Å². The van der Waals surface area contributed by atoms with Crippen LogP contribution in [0.2, 0.25) is 0 Å². The number of hydrogen-bond acceptors (Lipinski definition) is 3. The molecule has 0 atom stereocenters. The van der Waals surface area contributed by atoms with Gasteiger partial charge in [0.15, 0.2) is 0 Å². The molecule has 130 valence electrons. The maximum atomic E-state index is 13.4. The third-order valence-corrected chi connectivity index (χ3v) is 3.97. The molecule has 4 nitrogen and oxygen atoms in total. The summed E-state index contributed by atoms with van der Waals surface area (Å²) >= 11 is 0. The lowest BCUT2D eigenvalue weighted by molar-refractivity contribution is 0.474. The van der Waals surface area contributed by atoms with Crippen molar-refractivity contribution in [1.29, 1.82) is 0 Å². The molecule has 25 heavy (non-hydrogen) atoms. The highest BCUT2D eigenvalue weighted by Crippen LogP contribution is 2.19. The van der Waals surface area contributed by atoms with Gasteiger partial charge in [0, 0.05) is 31.1 Å². The van der Waals surface area contributed by atoms with Crippen LogP contribution in [0.3, 0.4) is 0 Å². The number of halogens is 2. The number of aromatic nitrogens is 2. The van der Waals surface area contributed by atoms with Crippen molar-refractivity contribution in [1.82, 2.24) is 9.55 Å². The molecule has 0 aliphatic heterocycles. The van der Waals surface area contributed by atoms with Gasteiger partial charge in [0.25, 0.3) is 0 Å². The molecule has 6 heteroatoms. The molecule has 0 saturated carbocycles. The van der Waals surface area contributed by atoms with Crippen molar-refractivity contribution in [2.45, 2.75) is 19.4 Å². The van der Waals surface area contributed by atoms with Crippen molar-refractivity contribution in [3.8, 4) is 5.75 Å². The first-order valence-corrected chi connectivity index (χ1v) is 8.01. The molecule has 0 bridgehead atoms. The standard InChI is InChI=1S/C19H19F2N3O/c20-15-6-14(7-16(21)10-15)9-18-19(4-5-22)24(12-23-18)11-13-2-1-3-17(25)8-13/h1-3,6-8,10,12,25H,4-5,9,11,22H2. The molecule has 0 aliphatic carbocycles. The number of nitrogens with two attached hydrogens (primary N) is 1. The molecule has 3 N–H and O–H groups in total. The highest BCUT2D eigenvalue weighted by Gasteiger charge is 2.13. The quantitative estimate of drug-likeness (QED) is 0.723. The van der Waals surface area contributed by atoms with E-state index in [-0.39, 0.29) is 5.75 Å². The zero-order valence-electron chi connectivity index (χ0n) is 13.6. The number of benzene rings is 2. The van der Waals surface area contributed by atoms with Crippen molar-refractivity contribution < 1.29 is 13.9 Å². The number of phenols is 1. The van der Waals surface area contributed by atoms with E-state index >= 15 is 0 Å². The van der Waals surface area contributed by atoms with E-state index in [0.717, 1.165) is 23.0 Å². The summed E-state index contributed by atoms with van der Waals surface area (Å²) < 4.78 is 28.8. The summed E-state index contributed by atoms with van der Waals surface area (Å²) in [6.45, 7) is 0.977. The number of rotatable bonds is 6. The Morgan fingerprint density at radius 2 is 1.80 bits per heavy atom. The summed E-state index contributed by atoms with van der Waals surface area (Å²) in [5, 5.41) is 9.60. The van der Waals surface area contributed by atoms with Crippen LogP contribution in [0.25, 0.3) is 0 Å². The number of hydrogen-bond donors (Lipinski definition) is 2. The Kier molecular flexibility index (Phi) is 5.09. The van der Waals surface area contributed by atoms with Crippen LogP contribution in [0.4, 0.5) is 8.78 Å². The van der Waals surface area contributed by atoms with Crippen LogP contribution < -0.4 is 5.73 Å². The maximum absolute atomic E-state index is 13.4. The highest BCUT2D eigenvalue weighted by molar-refractivity contribution is 5.30. The van der Waals surface area contributed by atoms with E-state index in [4.69, 9.17) is 5.73 Å². The first-order valence-electron chi connectivity index (χ1n) is 8.01. The normalized spacial score (nSPS) is 11.0. The van der Waals surface area contributed by atoms with E-state index in [2.05, 4.69) is 4.98 Å². The first kappa shape index (κ1) is 17.1. The third-order valence-electron chi connectivity index (χ3n) is 3.97. The number of aromatic hydroxyl groups is 1. The van der Waals surface area contributed by atoms with Gasteiger partial charge in [-0.25, -0.2) is 13.8 Å². The molecule has 3 aromatic rings. The fraction of sp³-hybridized carbons (Fsp3) is 0.211. The van der Waals surface area contributed by atoms with Gasteiger partial charge < -0.3 is 15.4 Å². The molecular formula is C19H19F2N3O. The van der Waals surface area contributed by atoms with Gasteiger partial charge in [-0.05, 0) is 41.9 Å². The Labute approximate surface area is 144 Å². The second-order valence-corrected chi connectivity index (χ2v) is 5.93. The van der Waals surface area contributed by atoms with E-state index in [9.17, 15) is 13.9 Å². The zero-order chi connectivity index (χ0) is 17.8. The van der Waals surface area contributed by atoms with E-state index in [0.29, 0.717) is 31.5 Å². The monoisotopic (exact) mass is 343 g/mol. The Balaban J connectivity index is 1.88. The summed E-state index contributed by atoms with van der Waals surface area (Å²) in [6.07, 6.45) is 2.63. The van der Waals surface area contributed by atoms with Gasteiger partial charge in [0.2, 0.25) is 0 Å². The number of nitrogens with zero attached hydrogens (tertiary/aromatic N) is 2. The van der Waals surface area contributed by atoms with Gasteiger partial charge >= 0.3 is 0 Å². The predicted molar refractivity (Wildman–Crippen MR) is 91.4 cm³/mol. The van der Waals surface area contributed by atoms with Crippen LogP contribution in [0.1, 0.15) is 22.5 Å². The fourth-order valence-electron chi connectivity index (χ4n) is 2.92. The average molecular weight is 343 g/mol. The predicted octanol–water partition coefficient (Wildman–Crippen LogP) is 3.01. The van der Waals surface area contributed by atoms with Gasteiger partial charge in [-0.2, -0.15) is 0 Å². The molecule has 0 aliphatic rings. The SMILES string of the molecule is NCCc1c(Cc2cc(F)cc(F)c2)ncn1Cc1cccc(O)c1. The summed E-state index contributed by atoms with van der Waals surface area (Å²) in [5.74, 6) is -1.00. The molecule has 0 amide bonds. The van der Waals surface area contributed by atoms with E-state index < -0.39 is 11.6 Å². The molecule has 0 spiro atoms. The van der Waals surface area contributed by atoms with Crippen LogP contribution in [-0.2, 0) is 19.4 Å². The highest BCUT2D eigenvalue weighted by atomic mass is 19.1. The topological polar surface area (TPSA) is 64.1 Å². The van der Waals surface area contributed by atoms with Crippen LogP contribution >= 0.6 is 0 Å². The van der Waals surface area contributed by atoms with Crippen molar-refractivity contribution in [3.05, 3.63) is 82.9 Å². The van der Waals surface area contributed by atoms with E-state index in [1.54, 1.807) is 24.5 Å². The summed E-state index contributed by atoms with van der Waals surface area (Å²) in [6, 6.07) is 10.5. The van der Waals surface area contributed by atoms with E-state index in [1.807, 2.05) is 10.6 Å². The molecule has 0 unspecified atom stereocenters. The minimum absolute atomic E-state index is 0.202. The smallest absolute Gasteiger partial charge is 0.126 e. The van der Waals surface area contributed by atoms with E-state index in [1.165, 1.54) is 12.1 Å². The van der Waals surface area contributed by atoms with Crippen molar-refractivity contribution in [2.75, 3.05) is 6.54 Å². The lowest BCUT2D eigenvalue weighted by Gasteiger charge is -2.10. The van der Waals surface area contributed by atoms with Crippen molar-refractivity contribution >= 4 is 0 Å². The maximum Gasteiger partial charge on any atom is 0.126 e. The second kappa shape index (κ2) is 7.44. The largest absolute Gasteiger partial charge is 0.508 e. The van der Waals surface area contributed by atoms with Gasteiger partial charge in [0.05, 0.1) is 12.0 Å². The lowest BCUT2D eigenvalue weighted by Crippen LogP contribution is -2.11. The summed E-state index contributed by atoms with van der Waals surface area (Å²) in [4.78, 5) is 4.41. The minimum atomic E-state index is -0.602. The molecule has 3 rings (SSSR count). The zero-order valence-corrected chi connectivity index (χ0v) is 13.6. The Bertz CT molecular complexity index is 857. The molecule has 0 saturated heterocycles. The van der Waals surface area contributed by atoms with Gasteiger partial charge in [-0.3, -0.25) is 0 Å². The lowest BCUT2D eigenvalue weighted by atomic mass is 10.1. The molecule has 0 radical (unpaired) electrons. The average Bonchev–Trinajstić information content (AvgIpc) is 2.89. The van der Waals surface area contributed by atoms with Crippen molar-refractivity contribution in [2.24, 2.45) is 5.73 Å². The Morgan fingerprint density at radius 1 is 1.04 bits per heavy atom. The minimum Gasteiger partial charge on any atom is -0.508 e. The fourth-order valence-corrected chi connectivity index (χ4v) is 2.92. The van der Waals surface area contributed by atoms with Crippen LogP contribution in [0.15, 0.2) is 48.8 Å². The molecular weight excluding hydrogens is 324 g/mol. The Hall–Kier alpha value is -2.73. The van der Waals surface area contributed by atoms with Crippen LogP contribution in [0.5, 0.6) is 5.75 Å². The number of imidazole rings is 1. The molecule has 2 aromatic carbocycles. The Morgan fingerprint density at radius 3 is 2.48 bits per heavy atom. The van der Waals surface area contributed by atoms with Gasteiger partial charge in [-0.1, -0.05) is 12.1 Å². The summed E-state index contributed by atoms with van der Waals surface area (Å²) in [7, 11) is 0. The van der Waals surface area contributed by atoms with Crippen LogP contribution in [-0.4, -0.2) is 21.2 Å². The van der Waals surface area contributed by atoms with Crippen LogP contribution in [0, 0.1) is 11.6 Å². The first-order chi connectivity index (χ1) is 12.0. The number of phenolic OH excluding ortho intramolecular Hbond substituents is 1. The summed E-state index contributed by atoms with van der Waals surface area (Å²) in [5.41, 5.74) is 8.84. The third kappa shape index (κ3) is 4.22. The molecule has 1 aromatic heterocycles. The van der Waals surface area contributed by atoms with Gasteiger partial charge in [0.1, 0.15) is 17.4 Å².